The van der Waals surface area contributed by atoms with Gasteiger partial charge >= 0.3 is 0 Å². The number of rotatable bonds is 1. The number of hydrogen-bond donors (Lipinski definition) is 1. The SMILES string of the molecule is CN1CCC(C2C(=O)CC3CCC2N3)CC1. The average molecular weight is 222 g/mol. The average Bonchev–Trinajstić information content (AvgIpc) is 2.64. The lowest BCUT2D eigenvalue weighted by Crippen LogP contribution is -2.50. The van der Waals surface area contributed by atoms with Gasteiger partial charge in [-0.2, -0.15) is 0 Å². The first-order valence-corrected chi connectivity index (χ1v) is 6.71. The summed E-state index contributed by atoms with van der Waals surface area (Å²) < 4.78 is 0. The zero-order chi connectivity index (χ0) is 11.1. The summed E-state index contributed by atoms with van der Waals surface area (Å²) in [5.74, 6) is 1.55. The minimum atomic E-state index is 0.340. The van der Waals surface area contributed by atoms with Gasteiger partial charge in [-0.15, -0.1) is 0 Å². The molecule has 90 valence electrons. The van der Waals surface area contributed by atoms with Crippen molar-refractivity contribution in [2.45, 2.75) is 44.2 Å². The van der Waals surface area contributed by atoms with E-state index in [9.17, 15) is 4.79 Å². The molecule has 0 aromatic heterocycles. The number of Topliss-reactive ketones (excluding diaryl/α,β-unsaturated/α-hetero) is 1. The van der Waals surface area contributed by atoms with E-state index in [4.69, 9.17) is 0 Å². The summed E-state index contributed by atoms with van der Waals surface area (Å²) in [5.41, 5.74) is 0. The van der Waals surface area contributed by atoms with Crippen molar-refractivity contribution in [2.24, 2.45) is 11.8 Å². The number of piperidine rings is 2. The Balaban J connectivity index is 1.70. The minimum Gasteiger partial charge on any atom is -0.310 e. The Morgan fingerprint density at radius 3 is 2.69 bits per heavy atom. The first-order chi connectivity index (χ1) is 7.74. The highest BCUT2D eigenvalue weighted by molar-refractivity contribution is 5.84. The molecule has 0 aromatic carbocycles. The van der Waals surface area contributed by atoms with Crippen molar-refractivity contribution in [2.75, 3.05) is 20.1 Å². The van der Waals surface area contributed by atoms with Gasteiger partial charge in [0.15, 0.2) is 0 Å². The maximum atomic E-state index is 12.2. The summed E-state index contributed by atoms with van der Waals surface area (Å²) in [4.78, 5) is 14.6. The molecule has 1 N–H and O–H groups in total. The largest absolute Gasteiger partial charge is 0.310 e. The summed E-state index contributed by atoms with van der Waals surface area (Å²) in [5, 5.41) is 3.64. The van der Waals surface area contributed by atoms with Gasteiger partial charge < -0.3 is 10.2 Å². The Morgan fingerprint density at radius 2 is 1.94 bits per heavy atom. The molecule has 0 amide bonds. The summed E-state index contributed by atoms with van der Waals surface area (Å²) in [6, 6.07) is 1.03. The normalized spacial score (nSPS) is 41.6. The molecule has 3 aliphatic rings. The van der Waals surface area contributed by atoms with E-state index >= 15 is 0 Å². The van der Waals surface area contributed by atoms with Gasteiger partial charge in [-0.1, -0.05) is 0 Å². The van der Waals surface area contributed by atoms with E-state index in [1.54, 1.807) is 0 Å². The fraction of sp³-hybridized carbons (Fsp3) is 0.923. The molecule has 0 spiro atoms. The Kier molecular flexibility index (Phi) is 2.76. The molecule has 16 heavy (non-hydrogen) atoms. The quantitative estimate of drug-likeness (QED) is 0.719. The number of hydrogen-bond acceptors (Lipinski definition) is 3. The van der Waals surface area contributed by atoms with Crippen LogP contribution in [0.25, 0.3) is 0 Å². The smallest absolute Gasteiger partial charge is 0.139 e. The van der Waals surface area contributed by atoms with Gasteiger partial charge in [-0.3, -0.25) is 4.79 Å². The highest BCUT2D eigenvalue weighted by Crippen LogP contribution is 2.37. The summed E-state index contributed by atoms with van der Waals surface area (Å²) in [7, 11) is 2.18. The standard InChI is InChI=1S/C13H22N2O/c1-15-6-4-9(5-7-15)13-11-3-2-10(14-11)8-12(13)16/h9-11,13-14H,2-8H2,1H3. The Labute approximate surface area is 97.6 Å². The van der Waals surface area contributed by atoms with Gasteiger partial charge in [0.05, 0.1) is 0 Å². The van der Waals surface area contributed by atoms with Gasteiger partial charge in [-0.25, -0.2) is 0 Å². The number of likely N-dealkylation sites (tertiary alicyclic amines) is 1. The van der Waals surface area contributed by atoms with Gasteiger partial charge in [0.2, 0.25) is 0 Å². The van der Waals surface area contributed by atoms with Crippen molar-refractivity contribution in [3.63, 3.8) is 0 Å². The molecule has 0 radical (unpaired) electrons. The van der Waals surface area contributed by atoms with E-state index < -0.39 is 0 Å². The molecule has 3 nitrogen and oxygen atoms in total. The van der Waals surface area contributed by atoms with Crippen molar-refractivity contribution in [3.8, 4) is 0 Å². The van der Waals surface area contributed by atoms with Crippen molar-refractivity contribution in [3.05, 3.63) is 0 Å². The molecule has 2 bridgehead atoms. The van der Waals surface area contributed by atoms with Crippen molar-refractivity contribution in [1.82, 2.24) is 10.2 Å². The van der Waals surface area contributed by atoms with E-state index in [1.165, 1.54) is 38.8 Å². The van der Waals surface area contributed by atoms with Gasteiger partial charge in [0.25, 0.3) is 0 Å². The third-order valence-electron chi connectivity index (χ3n) is 4.80. The number of nitrogens with zero attached hydrogens (tertiary/aromatic N) is 1. The van der Waals surface area contributed by atoms with E-state index in [1.807, 2.05) is 0 Å². The second kappa shape index (κ2) is 4.11. The van der Waals surface area contributed by atoms with Crippen LogP contribution in [0.4, 0.5) is 0 Å². The third-order valence-corrected chi connectivity index (χ3v) is 4.80. The van der Waals surface area contributed by atoms with Crippen LogP contribution in [0, 0.1) is 11.8 Å². The zero-order valence-corrected chi connectivity index (χ0v) is 10.1. The maximum Gasteiger partial charge on any atom is 0.139 e. The van der Waals surface area contributed by atoms with Crippen LogP contribution in [0.5, 0.6) is 0 Å². The lowest BCUT2D eigenvalue weighted by Gasteiger charge is -2.38. The molecule has 3 atom stereocenters. The first kappa shape index (κ1) is 10.7. The van der Waals surface area contributed by atoms with Crippen LogP contribution in [0.15, 0.2) is 0 Å². The molecule has 0 aliphatic carbocycles. The van der Waals surface area contributed by atoms with Crippen LogP contribution in [0.2, 0.25) is 0 Å². The monoisotopic (exact) mass is 222 g/mol. The van der Waals surface area contributed by atoms with Gasteiger partial charge in [-0.05, 0) is 51.7 Å². The van der Waals surface area contributed by atoms with Gasteiger partial charge in [0, 0.05) is 24.4 Å². The predicted molar refractivity (Wildman–Crippen MR) is 63.3 cm³/mol. The highest BCUT2D eigenvalue weighted by Gasteiger charge is 2.44. The predicted octanol–water partition coefficient (Wildman–Crippen LogP) is 1.04. The van der Waals surface area contributed by atoms with E-state index in [-0.39, 0.29) is 0 Å². The molecule has 3 saturated heterocycles. The molecule has 3 heteroatoms. The molecule has 0 aromatic rings. The number of carbonyl (C=O) groups excluding carboxylic acids is 1. The summed E-state index contributed by atoms with van der Waals surface area (Å²) in [6.07, 6.45) is 5.69. The molecule has 3 heterocycles. The lowest BCUT2D eigenvalue weighted by molar-refractivity contribution is -0.128. The van der Waals surface area contributed by atoms with E-state index in [0.717, 1.165) is 6.42 Å². The Bertz CT molecular complexity index is 284. The topological polar surface area (TPSA) is 32.3 Å². The second-order valence-corrected chi connectivity index (χ2v) is 5.88. The van der Waals surface area contributed by atoms with Crippen LogP contribution < -0.4 is 5.32 Å². The fourth-order valence-corrected chi connectivity index (χ4v) is 3.88. The summed E-state index contributed by atoms with van der Waals surface area (Å²) in [6.45, 7) is 2.34. The lowest BCUT2D eigenvalue weighted by atomic mass is 9.75. The molecular weight excluding hydrogens is 200 g/mol. The summed E-state index contributed by atoms with van der Waals surface area (Å²) >= 11 is 0. The van der Waals surface area contributed by atoms with Crippen molar-refractivity contribution < 1.29 is 4.79 Å². The van der Waals surface area contributed by atoms with Crippen LogP contribution in [-0.4, -0.2) is 42.9 Å². The van der Waals surface area contributed by atoms with Crippen molar-refractivity contribution in [1.29, 1.82) is 0 Å². The van der Waals surface area contributed by atoms with Crippen molar-refractivity contribution >= 4 is 5.78 Å². The van der Waals surface area contributed by atoms with Crippen LogP contribution >= 0.6 is 0 Å². The molecule has 3 fully saturated rings. The minimum absolute atomic E-state index is 0.340. The molecule has 0 saturated carbocycles. The van der Waals surface area contributed by atoms with Crippen LogP contribution in [-0.2, 0) is 4.79 Å². The maximum absolute atomic E-state index is 12.2. The van der Waals surface area contributed by atoms with E-state index in [0.29, 0.717) is 29.7 Å². The third kappa shape index (κ3) is 1.80. The number of carbonyl (C=O) groups is 1. The van der Waals surface area contributed by atoms with E-state index in [2.05, 4.69) is 17.3 Å². The molecule has 3 unspecified atom stereocenters. The number of nitrogens with one attached hydrogen (secondary N) is 1. The Hall–Kier alpha value is -0.410. The molecular formula is C13H22N2O. The number of ketones is 1. The van der Waals surface area contributed by atoms with Crippen LogP contribution in [0.3, 0.4) is 0 Å². The molecule has 3 aliphatic heterocycles. The fourth-order valence-electron chi connectivity index (χ4n) is 3.88. The highest BCUT2D eigenvalue weighted by atomic mass is 16.1. The Morgan fingerprint density at radius 1 is 1.19 bits per heavy atom. The zero-order valence-electron chi connectivity index (χ0n) is 10.1. The molecule has 3 rings (SSSR count). The van der Waals surface area contributed by atoms with Crippen LogP contribution in [0.1, 0.15) is 32.1 Å². The second-order valence-electron chi connectivity index (χ2n) is 5.88. The first-order valence-electron chi connectivity index (χ1n) is 6.71. The number of fused-ring (bicyclic) bond motifs is 2. The van der Waals surface area contributed by atoms with Gasteiger partial charge in [0.1, 0.15) is 5.78 Å².